The van der Waals surface area contributed by atoms with Gasteiger partial charge in [-0.3, -0.25) is 28.9 Å². The van der Waals surface area contributed by atoms with Crippen LogP contribution in [0.2, 0.25) is 0 Å². The molecule has 0 aromatic heterocycles. The van der Waals surface area contributed by atoms with Gasteiger partial charge in [0.25, 0.3) is 0 Å². The fourth-order valence-electron chi connectivity index (χ4n) is 7.71. The van der Waals surface area contributed by atoms with Crippen molar-refractivity contribution in [2.24, 2.45) is 29.1 Å². The van der Waals surface area contributed by atoms with E-state index in [0.717, 1.165) is 5.57 Å². The molecule has 1 aromatic rings. The molecular weight excluding hydrogens is 530 g/mol. The predicted molar refractivity (Wildman–Crippen MR) is 145 cm³/mol. The van der Waals surface area contributed by atoms with Gasteiger partial charge in [-0.25, -0.2) is 0 Å². The number of ketones is 2. The number of carbonyl (C=O) groups is 5. The summed E-state index contributed by atoms with van der Waals surface area (Å²) in [5.41, 5.74) is 1.03. The number of carboxylic acid groups (broad SMARTS) is 1. The molecule has 1 heterocycles. The van der Waals surface area contributed by atoms with Gasteiger partial charge in [-0.1, -0.05) is 18.6 Å². The van der Waals surface area contributed by atoms with Gasteiger partial charge in [0.05, 0.1) is 31.5 Å². The normalized spacial score (nSPS) is 31.0. The summed E-state index contributed by atoms with van der Waals surface area (Å²) in [6.45, 7) is 5.14. The molecule has 41 heavy (non-hydrogen) atoms. The van der Waals surface area contributed by atoms with Crippen LogP contribution in [0.4, 0.5) is 0 Å². The van der Waals surface area contributed by atoms with Gasteiger partial charge in [-0.15, -0.1) is 0 Å². The summed E-state index contributed by atoms with van der Waals surface area (Å²) < 4.78 is 10.8. The number of nitrogens with zero attached hydrogens (tertiary/aromatic N) is 1. The molecule has 0 radical (unpaired) electrons. The van der Waals surface area contributed by atoms with Gasteiger partial charge in [0.1, 0.15) is 0 Å². The molecule has 10 nitrogen and oxygen atoms in total. The van der Waals surface area contributed by atoms with E-state index in [-0.39, 0.29) is 72.9 Å². The highest BCUT2D eigenvalue weighted by molar-refractivity contribution is 6.16. The first-order valence-corrected chi connectivity index (χ1v) is 13.9. The van der Waals surface area contributed by atoms with Crippen LogP contribution in [-0.4, -0.2) is 65.2 Å². The lowest BCUT2D eigenvalue weighted by atomic mass is 9.46. The van der Waals surface area contributed by atoms with E-state index < -0.39 is 41.0 Å². The highest BCUT2D eigenvalue weighted by Gasteiger charge is 2.64. The number of phenolic OH excluding ortho intramolecular Hbond substituents is 1. The van der Waals surface area contributed by atoms with E-state index in [1.54, 1.807) is 32.9 Å². The number of ether oxygens (including phenoxy) is 2. The largest absolute Gasteiger partial charge is 0.502 e. The first-order chi connectivity index (χ1) is 19.4. The van der Waals surface area contributed by atoms with Gasteiger partial charge in [-0.05, 0) is 67.9 Å². The quantitative estimate of drug-likeness (QED) is 0.375. The molecule has 2 amide bonds. The number of carbonyl (C=O) groups excluding carboxylic acids is 4. The molecule has 2 fully saturated rings. The third-order valence-electron chi connectivity index (χ3n) is 9.87. The van der Waals surface area contributed by atoms with Gasteiger partial charge in [0.15, 0.2) is 23.1 Å². The zero-order chi connectivity index (χ0) is 30.0. The number of likely N-dealkylation sites (tertiary alicyclic amines) is 1. The summed E-state index contributed by atoms with van der Waals surface area (Å²) in [7, 11) is 2.81. The Hall–Kier alpha value is -3.95. The summed E-state index contributed by atoms with van der Waals surface area (Å²) >= 11 is 0. The zero-order valence-corrected chi connectivity index (χ0v) is 23.9. The third kappa shape index (κ3) is 4.09. The number of hydrogen-bond donors (Lipinski definition) is 2. The maximum absolute atomic E-state index is 14.1. The Labute approximate surface area is 238 Å². The van der Waals surface area contributed by atoms with Crippen LogP contribution in [0, 0.1) is 29.1 Å². The molecule has 1 saturated heterocycles. The summed E-state index contributed by atoms with van der Waals surface area (Å²) in [4.78, 5) is 67.3. The number of phenols is 1. The molecule has 10 heteroatoms. The number of Topliss-reactive ketones (excluding diaryl/α,β-unsaturated/α-hetero) is 2. The topological polar surface area (TPSA) is 148 Å². The van der Waals surface area contributed by atoms with Crippen molar-refractivity contribution >= 4 is 29.4 Å². The second kappa shape index (κ2) is 10.2. The molecule has 6 atom stereocenters. The molecule has 0 spiro atoms. The number of aromatic hydroxyl groups is 1. The predicted octanol–water partition coefficient (Wildman–Crippen LogP) is 3.42. The highest BCUT2D eigenvalue weighted by Crippen LogP contribution is 2.63. The van der Waals surface area contributed by atoms with Crippen molar-refractivity contribution in [2.45, 2.75) is 52.4 Å². The molecule has 3 aliphatic carbocycles. The smallest absolute Gasteiger partial charge is 0.303 e. The number of fused-ring (bicyclic) bond motifs is 4. The number of imide groups is 1. The average molecular weight is 566 g/mol. The second-order valence-electron chi connectivity index (χ2n) is 11.7. The molecule has 0 bridgehead atoms. The van der Waals surface area contributed by atoms with Crippen LogP contribution < -0.4 is 9.47 Å². The molecule has 5 rings (SSSR count). The molecule has 218 valence electrons. The molecule has 1 aromatic carbocycles. The molecule has 4 aliphatic rings. The Bertz CT molecular complexity index is 1410. The van der Waals surface area contributed by atoms with E-state index in [1.165, 1.54) is 19.1 Å². The van der Waals surface area contributed by atoms with E-state index in [2.05, 4.69) is 0 Å². The third-order valence-corrected chi connectivity index (χ3v) is 9.87. The monoisotopic (exact) mass is 565 g/mol. The van der Waals surface area contributed by atoms with E-state index in [9.17, 15) is 29.1 Å². The molecule has 1 saturated carbocycles. The fourth-order valence-corrected chi connectivity index (χ4v) is 7.71. The zero-order valence-electron chi connectivity index (χ0n) is 23.9. The van der Waals surface area contributed by atoms with E-state index in [1.807, 2.05) is 6.08 Å². The van der Waals surface area contributed by atoms with E-state index in [4.69, 9.17) is 14.6 Å². The van der Waals surface area contributed by atoms with Crippen LogP contribution in [0.1, 0.15) is 57.9 Å². The Balaban J connectivity index is 1.66. The van der Waals surface area contributed by atoms with Gasteiger partial charge < -0.3 is 19.7 Å². The average Bonchev–Trinajstić information content (AvgIpc) is 3.19. The molecule has 2 N–H and O–H groups in total. The van der Waals surface area contributed by atoms with Crippen molar-refractivity contribution in [1.29, 1.82) is 0 Å². The molecular formula is C31H35NO9. The molecule has 0 unspecified atom stereocenters. The minimum Gasteiger partial charge on any atom is -0.502 e. The Morgan fingerprint density at radius 3 is 2.24 bits per heavy atom. The van der Waals surface area contributed by atoms with Crippen LogP contribution >= 0.6 is 0 Å². The van der Waals surface area contributed by atoms with Crippen molar-refractivity contribution in [3.8, 4) is 17.2 Å². The van der Waals surface area contributed by atoms with Crippen LogP contribution in [0.25, 0.3) is 0 Å². The number of aliphatic carboxylic acids is 1. The number of hydrogen-bond acceptors (Lipinski definition) is 8. The van der Waals surface area contributed by atoms with Gasteiger partial charge >= 0.3 is 5.97 Å². The number of benzene rings is 1. The van der Waals surface area contributed by atoms with Crippen molar-refractivity contribution < 1.29 is 43.7 Å². The van der Waals surface area contributed by atoms with E-state index >= 15 is 0 Å². The first kappa shape index (κ1) is 28.6. The SMILES string of the molecule is COc1cc([C@H]2C3=CC[C@@H]4C(=O)N(CCCC(=O)O)C(=O)[C@@H]4[C@@H]3C[C@H]3C(=O)C(C)=C(C)C(=O)[C@@]23C)cc(OC)c1O. The summed E-state index contributed by atoms with van der Waals surface area (Å²) in [6, 6.07) is 3.27. The maximum Gasteiger partial charge on any atom is 0.303 e. The van der Waals surface area contributed by atoms with Crippen LogP contribution in [0.15, 0.2) is 34.9 Å². The van der Waals surface area contributed by atoms with Gasteiger partial charge in [0.2, 0.25) is 17.6 Å². The van der Waals surface area contributed by atoms with Gasteiger partial charge in [0, 0.05) is 24.8 Å². The lowest BCUT2D eigenvalue weighted by Gasteiger charge is -2.54. The van der Waals surface area contributed by atoms with E-state index in [0.29, 0.717) is 16.7 Å². The van der Waals surface area contributed by atoms with Crippen molar-refractivity contribution in [1.82, 2.24) is 4.90 Å². The second-order valence-corrected chi connectivity index (χ2v) is 11.7. The van der Waals surface area contributed by atoms with Crippen molar-refractivity contribution in [3.05, 3.63) is 40.5 Å². The van der Waals surface area contributed by atoms with Gasteiger partial charge in [-0.2, -0.15) is 0 Å². The maximum atomic E-state index is 14.1. The number of rotatable bonds is 7. The van der Waals surface area contributed by atoms with Crippen LogP contribution in [0.3, 0.4) is 0 Å². The lowest BCUT2D eigenvalue weighted by molar-refractivity contribution is -0.143. The Morgan fingerprint density at radius 2 is 1.66 bits per heavy atom. The summed E-state index contributed by atoms with van der Waals surface area (Å²) in [5, 5.41) is 19.7. The highest BCUT2D eigenvalue weighted by atomic mass is 16.5. The summed E-state index contributed by atoms with van der Waals surface area (Å²) in [6.07, 6.45) is 2.46. The lowest BCUT2D eigenvalue weighted by Crippen LogP contribution is -2.55. The van der Waals surface area contributed by atoms with Crippen molar-refractivity contribution in [2.75, 3.05) is 20.8 Å². The number of allylic oxidation sites excluding steroid dienone is 4. The summed E-state index contributed by atoms with van der Waals surface area (Å²) in [5.74, 6) is -5.08. The minimum atomic E-state index is -1.18. The van der Waals surface area contributed by atoms with Crippen LogP contribution in [0.5, 0.6) is 17.2 Å². The standard InChI is InChI=1S/C31H35NO9/c1-14-15(2)28(37)31(3)20(26(14)35)13-19-17(25(31)16-11-21(40-4)27(36)22(12-16)41-5)8-9-18-24(19)30(39)32(29(18)38)10-6-7-23(33)34/h8,11-12,18-20,24-25,36H,6-7,9-10,13H2,1-5H3,(H,33,34)/t18-,19+,20-,24-,25-,31+/m0/s1. The number of amides is 2. The minimum absolute atomic E-state index is 0.0222. The number of carboxylic acids is 1. The van der Waals surface area contributed by atoms with Crippen molar-refractivity contribution in [3.63, 3.8) is 0 Å². The number of methoxy groups -OCH3 is 2. The fraction of sp³-hybridized carbons (Fsp3) is 0.516. The molecule has 1 aliphatic heterocycles. The van der Waals surface area contributed by atoms with Crippen LogP contribution in [-0.2, 0) is 24.0 Å². The first-order valence-electron chi connectivity index (χ1n) is 13.9. The Kier molecular flexibility index (Phi) is 7.07. The Morgan fingerprint density at radius 1 is 1.02 bits per heavy atom.